The first-order valence-corrected chi connectivity index (χ1v) is 8.60. The summed E-state index contributed by atoms with van der Waals surface area (Å²) in [7, 11) is -4.00. The fourth-order valence-corrected chi connectivity index (χ4v) is 3.56. The van der Waals surface area contributed by atoms with E-state index in [1.165, 1.54) is 12.1 Å². The number of pyridine rings is 1. The van der Waals surface area contributed by atoms with Gasteiger partial charge in [-0.1, -0.05) is 36.4 Å². The van der Waals surface area contributed by atoms with Crippen LogP contribution in [0.2, 0.25) is 0 Å². The molecule has 0 bridgehead atoms. The first-order valence-electron chi connectivity index (χ1n) is 7.12. The van der Waals surface area contributed by atoms with Crippen LogP contribution in [0, 0.1) is 0 Å². The van der Waals surface area contributed by atoms with Gasteiger partial charge < -0.3 is 5.11 Å². The van der Waals surface area contributed by atoms with Crippen molar-refractivity contribution in [3.05, 3.63) is 72.4 Å². The lowest BCUT2D eigenvalue weighted by Crippen LogP contribution is -2.33. The van der Waals surface area contributed by atoms with E-state index in [-0.39, 0.29) is 4.90 Å². The van der Waals surface area contributed by atoms with Gasteiger partial charge in [-0.2, -0.15) is 4.72 Å². The number of rotatable bonds is 5. The number of fused-ring (bicyclic) bond motifs is 1. The minimum Gasteiger partial charge on any atom is -0.480 e. The van der Waals surface area contributed by atoms with Gasteiger partial charge in [0.15, 0.2) is 0 Å². The summed E-state index contributed by atoms with van der Waals surface area (Å²) in [6.45, 7) is 0. The number of hydrogen-bond donors (Lipinski definition) is 2. The molecule has 3 aromatic rings. The number of hydrogen-bond acceptors (Lipinski definition) is 4. The minimum atomic E-state index is -4.00. The number of nitrogens with one attached hydrogen (secondary N) is 1. The summed E-state index contributed by atoms with van der Waals surface area (Å²) in [5, 5.41) is 10.0. The predicted octanol–water partition coefficient (Wildman–Crippen LogP) is 2.34. The number of aliphatic carboxylic acids is 1. The molecule has 7 heteroatoms. The Morgan fingerprint density at radius 3 is 2.50 bits per heavy atom. The molecule has 0 aliphatic carbocycles. The van der Waals surface area contributed by atoms with Gasteiger partial charge >= 0.3 is 5.97 Å². The fraction of sp³-hybridized carbons (Fsp3) is 0.0588. The van der Waals surface area contributed by atoms with Crippen molar-refractivity contribution in [1.29, 1.82) is 0 Å². The van der Waals surface area contributed by atoms with Gasteiger partial charge in [-0.25, -0.2) is 8.42 Å². The summed E-state index contributed by atoms with van der Waals surface area (Å²) in [6.07, 6.45) is 1.62. The maximum Gasteiger partial charge on any atom is 0.326 e. The zero-order valence-corrected chi connectivity index (χ0v) is 13.3. The summed E-state index contributed by atoms with van der Waals surface area (Å²) in [4.78, 5) is 15.6. The Hall–Kier alpha value is -2.77. The maximum atomic E-state index is 12.6. The molecule has 1 unspecified atom stereocenters. The van der Waals surface area contributed by atoms with Gasteiger partial charge in [0.05, 0.1) is 10.4 Å². The molecule has 2 N–H and O–H groups in total. The molecule has 0 radical (unpaired) electrons. The van der Waals surface area contributed by atoms with Gasteiger partial charge in [0, 0.05) is 11.6 Å². The second-order valence-corrected chi connectivity index (χ2v) is 6.88. The molecule has 2 aromatic carbocycles. The zero-order valence-electron chi connectivity index (χ0n) is 12.5. The quantitative estimate of drug-likeness (QED) is 0.742. The molecule has 122 valence electrons. The molecule has 0 fully saturated rings. The summed E-state index contributed by atoms with van der Waals surface area (Å²) in [5.41, 5.74) is 1.02. The van der Waals surface area contributed by atoms with Crippen LogP contribution >= 0.6 is 0 Å². The van der Waals surface area contributed by atoms with Crippen molar-refractivity contribution in [3.63, 3.8) is 0 Å². The van der Waals surface area contributed by atoms with Gasteiger partial charge in [-0.15, -0.1) is 0 Å². The zero-order chi connectivity index (χ0) is 17.2. The van der Waals surface area contributed by atoms with E-state index in [4.69, 9.17) is 0 Å². The molecule has 3 rings (SSSR count). The molecule has 1 heterocycles. The average Bonchev–Trinajstić information content (AvgIpc) is 2.60. The number of carboxylic acid groups (broad SMARTS) is 1. The predicted molar refractivity (Wildman–Crippen MR) is 88.9 cm³/mol. The molecule has 1 aromatic heterocycles. The molecule has 0 spiro atoms. The van der Waals surface area contributed by atoms with Gasteiger partial charge in [-0.05, 0) is 29.8 Å². The highest BCUT2D eigenvalue weighted by atomic mass is 32.2. The number of aromatic nitrogens is 1. The van der Waals surface area contributed by atoms with Crippen LogP contribution in [-0.2, 0) is 14.8 Å². The van der Waals surface area contributed by atoms with Crippen LogP contribution in [0.15, 0.2) is 71.8 Å². The van der Waals surface area contributed by atoms with E-state index in [0.29, 0.717) is 16.5 Å². The summed E-state index contributed by atoms with van der Waals surface area (Å²) < 4.78 is 27.4. The molecular weight excluding hydrogens is 328 g/mol. The van der Waals surface area contributed by atoms with Crippen LogP contribution in [0.25, 0.3) is 10.9 Å². The molecule has 0 aliphatic heterocycles. The van der Waals surface area contributed by atoms with Crippen molar-refractivity contribution in [1.82, 2.24) is 9.71 Å². The third-order valence-electron chi connectivity index (χ3n) is 3.54. The van der Waals surface area contributed by atoms with Crippen LogP contribution < -0.4 is 4.72 Å². The molecular formula is C17H14N2O4S. The Morgan fingerprint density at radius 2 is 1.79 bits per heavy atom. The largest absolute Gasteiger partial charge is 0.480 e. The smallest absolute Gasteiger partial charge is 0.326 e. The molecule has 0 saturated carbocycles. The third-order valence-corrected chi connectivity index (χ3v) is 4.96. The summed E-state index contributed by atoms with van der Waals surface area (Å²) in [5.74, 6) is -1.27. The van der Waals surface area contributed by atoms with E-state index >= 15 is 0 Å². The van der Waals surface area contributed by atoms with Crippen molar-refractivity contribution in [2.24, 2.45) is 0 Å². The van der Waals surface area contributed by atoms with Gasteiger partial charge in [-0.3, -0.25) is 9.78 Å². The highest BCUT2D eigenvalue weighted by Crippen LogP contribution is 2.20. The molecule has 1 atom stereocenters. The lowest BCUT2D eigenvalue weighted by Gasteiger charge is -2.15. The van der Waals surface area contributed by atoms with Crippen molar-refractivity contribution in [2.45, 2.75) is 10.9 Å². The Labute approximate surface area is 138 Å². The van der Waals surface area contributed by atoms with Crippen LogP contribution in [0.4, 0.5) is 0 Å². The first kappa shape index (κ1) is 16.1. The van der Waals surface area contributed by atoms with E-state index in [2.05, 4.69) is 9.71 Å². The Balaban J connectivity index is 1.97. The number of carboxylic acids is 1. The van der Waals surface area contributed by atoms with E-state index in [1.54, 1.807) is 54.7 Å². The fourth-order valence-electron chi connectivity index (χ4n) is 2.35. The lowest BCUT2D eigenvalue weighted by molar-refractivity contribution is -0.139. The summed E-state index contributed by atoms with van der Waals surface area (Å²) >= 11 is 0. The van der Waals surface area contributed by atoms with Crippen LogP contribution in [0.3, 0.4) is 0 Å². The number of nitrogens with zero attached hydrogens (tertiary/aromatic N) is 1. The van der Waals surface area contributed by atoms with E-state index in [1.807, 2.05) is 0 Å². The summed E-state index contributed by atoms with van der Waals surface area (Å²) in [6, 6.07) is 14.7. The SMILES string of the molecule is O=C(O)C(NS(=O)(=O)c1ccc2ncccc2c1)c1ccccc1. The van der Waals surface area contributed by atoms with Gasteiger partial charge in [0.25, 0.3) is 0 Å². The third kappa shape index (κ3) is 3.27. The number of sulfonamides is 1. The van der Waals surface area contributed by atoms with Crippen LogP contribution in [-0.4, -0.2) is 24.5 Å². The molecule has 0 aliphatic rings. The van der Waals surface area contributed by atoms with E-state index in [0.717, 1.165) is 0 Å². The van der Waals surface area contributed by atoms with E-state index in [9.17, 15) is 18.3 Å². The standard InChI is InChI=1S/C17H14N2O4S/c20-17(21)16(12-5-2-1-3-6-12)19-24(22,23)14-8-9-15-13(11-14)7-4-10-18-15/h1-11,16,19H,(H,20,21). The topological polar surface area (TPSA) is 96.4 Å². The second kappa shape index (κ2) is 6.38. The Bertz CT molecular complexity index is 988. The molecule has 6 nitrogen and oxygen atoms in total. The minimum absolute atomic E-state index is 0.00909. The number of benzene rings is 2. The van der Waals surface area contributed by atoms with E-state index < -0.39 is 22.0 Å². The Morgan fingerprint density at radius 1 is 1.04 bits per heavy atom. The highest BCUT2D eigenvalue weighted by molar-refractivity contribution is 7.89. The van der Waals surface area contributed by atoms with Crippen LogP contribution in [0.1, 0.15) is 11.6 Å². The molecule has 24 heavy (non-hydrogen) atoms. The van der Waals surface area contributed by atoms with Crippen molar-refractivity contribution < 1.29 is 18.3 Å². The normalized spacial score (nSPS) is 12.8. The Kier molecular flexibility index (Phi) is 4.28. The first-order chi connectivity index (χ1) is 11.5. The van der Waals surface area contributed by atoms with Gasteiger partial charge in [0.2, 0.25) is 10.0 Å². The van der Waals surface area contributed by atoms with Gasteiger partial charge in [0.1, 0.15) is 6.04 Å². The second-order valence-electron chi connectivity index (χ2n) is 5.16. The average molecular weight is 342 g/mol. The lowest BCUT2D eigenvalue weighted by atomic mass is 10.1. The maximum absolute atomic E-state index is 12.6. The monoisotopic (exact) mass is 342 g/mol. The number of carbonyl (C=O) groups is 1. The van der Waals surface area contributed by atoms with Crippen molar-refractivity contribution in [2.75, 3.05) is 0 Å². The highest BCUT2D eigenvalue weighted by Gasteiger charge is 2.26. The molecule has 0 amide bonds. The van der Waals surface area contributed by atoms with Crippen molar-refractivity contribution >= 4 is 26.9 Å². The van der Waals surface area contributed by atoms with Crippen molar-refractivity contribution in [3.8, 4) is 0 Å². The molecule has 0 saturated heterocycles. The van der Waals surface area contributed by atoms with Crippen LogP contribution in [0.5, 0.6) is 0 Å².